The molecular weight excluding hydrogens is 536 g/mol. The molecule has 2 aromatic heterocycles. The maximum absolute atomic E-state index is 14.6. The summed E-state index contributed by atoms with van der Waals surface area (Å²) >= 11 is 0. The predicted molar refractivity (Wildman–Crippen MR) is 149 cm³/mol. The van der Waals surface area contributed by atoms with E-state index in [4.69, 9.17) is 4.74 Å². The highest BCUT2D eigenvalue weighted by atomic mass is 32.2. The molecule has 0 aliphatic rings. The fourth-order valence-corrected chi connectivity index (χ4v) is 5.80. The van der Waals surface area contributed by atoms with Gasteiger partial charge in [0.05, 0.1) is 17.6 Å². The number of rotatable bonds is 6. The lowest BCUT2D eigenvalue weighted by Gasteiger charge is -2.13. The number of aromatic nitrogens is 2. The van der Waals surface area contributed by atoms with Crippen LogP contribution in [0.4, 0.5) is 8.78 Å². The number of carbonyl (C=O) groups is 1. The summed E-state index contributed by atoms with van der Waals surface area (Å²) in [6.45, 7) is 1.86. The van der Waals surface area contributed by atoms with Crippen LogP contribution in [-0.4, -0.2) is 49.4 Å². The molecule has 0 saturated heterocycles. The van der Waals surface area contributed by atoms with Crippen molar-refractivity contribution in [1.82, 2.24) is 13.9 Å². The molecule has 3 aromatic carbocycles. The van der Waals surface area contributed by atoms with E-state index in [9.17, 15) is 22.0 Å². The molecule has 5 aromatic rings. The summed E-state index contributed by atoms with van der Waals surface area (Å²) in [4.78, 5) is 18.2. The Morgan fingerprint density at radius 3 is 2.33 bits per heavy atom. The lowest BCUT2D eigenvalue weighted by Crippen LogP contribution is -2.23. The Hall–Kier alpha value is -4.57. The second-order valence-electron chi connectivity index (χ2n) is 9.47. The van der Waals surface area contributed by atoms with Gasteiger partial charge in [-0.3, -0.25) is 4.79 Å². The van der Waals surface area contributed by atoms with Gasteiger partial charge in [-0.1, -0.05) is 35.9 Å². The van der Waals surface area contributed by atoms with Crippen LogP contribution in [0.15, 0.2) is 84.0 Å². The molecule has 204 valence electrons. The van der Waals surface area contributed by atoms with Crippen molar-refractivity contribution in [2.45, 2.75) is 11.8 Å². The van der Waals surface area contributed by atoms with E-state index >= 15 is 0 Å². The van der Waals surface area contributed by atoms with Crippen LogP contribution in [0.1, 0.15) is 15.9 Å². The van der Waals surface area contributed by atoms with Crippen molar-refractivity contribution >= 4 is 27.0 Å². The lowest BCUT2D eigenvalue weighted by molar-refractivity contribution is 0.0822. The predicted octanol–water partition coefficient (Wildman–Crippen LogP) is 5.90. The second kappa shape index (κ2) is 10.2. The highest BCUT2D eigenvalue weighted by Gasteiger charge is 2.25. The number of para-hydroxylation sites is 1. The normalized spacial score (nSPS) is 11.6. The summed E-state index contributed by atoms with van der Waals surface area (Å²) in [5, 5.41) is 0.433. The van der Waals surface area contributed by atoms with E-state index < -0.39 is 33.1 Å². The number of amides is 1. The molecule has 0 fully saturated rings. The molecule has 0 atom stereocenters. The average Bonchev–Trinajstić information content (AvgIpc) is 3.33. The number of halogens is 2. The van der Waals surface area contributed by atoms with Gasteiger partial charge in [-0.2, -0.15) is 0 Å². The van der Waals surface area contributed by atoms with E-state index in [1.807, 2.05) is 6.92 Å². The van der Waals surface area contributed by atoms with Crippen molar-refractivity contribution in [3.05, 3.63) is 102 Å². The minimum Gasteiger partial charge on any atom is -0.496 e. The molecule has 5 rings (SSSR count). The first-order valence-electron chi connectivity index (χ1n) is 12.2. The van der Waals surface area contributed by atoms with Crippen LogP contribution < -0.4 is 4.74 Å². The molecule has 2 heterocycles. The average molecular weight is 562 g/mol. The van der Waals surface area contributed by atoms with Gasteiger partial charge in [0.2, 0.25) is 0 Å². The van der Waals surface area contributed by atoms with E-state index in [2.05, 4.69) is 4.98 Å². The number of pyridine rings is 1. The SMILES string of the molecule is COc1ccccc1-c1cn(S(=O)(=O)c2ccc(C)cc2)c2ncc(-c3cc(F)c(F)c(C(=O)N(C)C)c3)cc12. The fourth-order valence-electron chi connectivity index (χ4n) is 4.48. The largest absolute Gasteiger partial charge is 0.496 e. The van der Waals surface area contributed by atoms with Crippen LogP contribution in [0.5, 0.6) is 5.75 Å². The van der Waals surface area contributed by atoms with Gasteiger partial charge in [0.15, 0.2) is 17.3 Å². The fraction of sp³-hybridized carbons (Fsp3) is 0.133. The minimum atomic E-state index is -4.05. The zero-order valence-electron chi connectivity index (χ0n) is 22.1. The number of fused-ring (bicyclic) bond motifs is 1. The van der Waals surface area contributed by atoms with Crippen molar-refractivity contribution in [3.63, 3.8) is 0 Å². The van der Waals surface area contributed by atoms with Crippen molar-refractivity contribution in [3.8, 4) is 28.0 Å². The molecule has 0 N–H and O–H groups in total. The van der Waals surface area contributed by atoms with Gasteiger partial charge in [-0.05, 0) is 48.9 Å². The van der Waals surface area contributed by atoms with E-state index in [1.54, 1.807) is 42.5 Å². The van der Waals surface area contributed by atoms with Gasteiger partial charge in [0.25, 0.3) is 15.9 Å². The molecule has 10 heteroatoms. The molecule has 0 spiro atoms. The molecule has 0 bridgehead atoms. The first-order valence-corrected chi connectivity index (χ1v) is 13.6. The van der Waals surface area contributed by atoms with Crippen molar-refractivity contribution in [2.75, 3.05) is 21.2 Å². The summed E-state index contributed by atoms with van der Waals surface area (Å²) < 4.78 is 63.3. The minimum absolute atomic E-state index is 0.0832. The number of benzene rings is 3. The van der Waals surface area contributed by atoms with Gasteiger partial charge in [0.1, 0.15) is 5.75 Å². The molecule has 0 aliphatic heterocycles. The Morgan fingerprint density at radius 1 is 0.950 bits per heavy atom. The number of ether oxygens (including phenoxy) is 1. The third-order valence-electron chi connectivity index (χ3n) is 6.59. The molecule has 7 nitrogen and oxygen atoms in total. The molecule has 0 saturated carbocycles. The maximum Gasteiger partial charge on any atom is 0.269 e. The highest BCUT2D eigenvalue weighted by molar-refractivity contribution is 7.90. The number of hydrogen-bond acceptors (Lipinski definition) is 5. The summed E-state index contributed by atoms with van der Waals surface area (Å²) in [5.74, 6) is -2.63. The lowest BCUT2D eigenvalue weighted by atomic mass is 10.00. The number of carbonyl (C=O) groups excluding carboxylic acids is 1. The monoisotopic (exact) mass is 561 g/mol. The molecule has 0 unspecified atom stereocenters. The number of nitrogens with zero attached hydrogens (tertiary/aromatic N) is 3. The van der Waals surface area contributed by atoms with E-state index in [0.29, 0.717) is 27.8 Å². The number of hydrogen-bond donors (Lipinski definition) is 0. The second-order valence-corrected chi connectivity index (χ2v) is 11.3. The van der Waals surface area contributed by atoms with E-state index in [1.165, 1.54) is 51.8 Å². The van der Waals surface area contributed by atoms with Crippen LogP contribution in [0.3, 0.4) is 0 Å². The van der Waals surface area contributed by atoms with Crippen molar-refractivity contribution < 1.29 is 26.7 Å². The van der Waals surface area contributed by atoms with Crippen LogP contribution in [-0.2, 0) is 10.0 Å². The van der Waals surface area contributed by atoms with Crippen molar-refractivity contribution in [1.29, 1.82) is 0 Å². The molecule has 0 radical (unpaired) electrons. The molecular formula is C30H25F2N3O4S. The smallest absolute Gasteiger partial charge is 0.269 e. The third kappa shape index (κ3) is 4.60. The Kier molecular flexibility index (Phi) is 6.89. The van der Waals surface area contributed by atoms with E-state index in [0.717, 1.165) is 20.5 Å². The first kappa shape index (κ1) is 27.0. The number of methoxy groups -OCH3 is 1. The topological polar surface area (TPSA) is 81.5 Å². The highest BCUT2D eigenvalue weighted by Crippen LogP contribution is 2.39. The van der Waals surface area contributed by atoms with Crippen LogP contribution in [0.2, 0.25) is 0 Å². The first-order chi connectivity index (χ1) is 19.0. The van der Waals surface area contributed by atoms with Crippen LogP contribution >= 0.6 is 0 Å². The quantitative estimate of drug-likeness (QED) is 0.258. The summed E-state index contributed by atoms with van der Waals surface area (Å²) in [7, 11) is 0.339. The Balaban J connectivity index is 1.78. The van der Waals surface area contributed by atoms with Crippen LogP contribution in [0.25, 0.3) is 33.3 Å². The zero-order valence-corrected chi connectivity index (χ0v) is 23.0. The van der Waals surface area contributed by atoms with E-state index in [-0.39, 0.29) is 16.1 Å². The van der Waals surface area contributed by atoms with Crippen LogP contribution in [0, 0.1) is 18.6 Å². The van der Waals surface area contributed by atoms with Gasteiger partial charge >= 0.3 is 0 Å². The molecule has 1 amide bonds. The molecule has 40 heavy (non-hydrogen) atoms. The maximum atomic E-state index is 14.6. The summed E-state index contributed by atoms with van der Waals surface area (Å²) in [6, 6.07) is 17.5. The van der Waals surface area contributed by atoms with Gasteiger partial charge in [-0.15, -0.1) is 0 Å². The van der Waals surface area contributed by atoms with Gasteiger partial charge in [-0.25, -0.2) is 26.2 Å². The van der Waals surface area contributed by atoms with Gasteiger partial charge in [0, 0.05) is 48.6 Å². The Bertz CT molecular complexity index is 1880. The standard InChI is InChI=1S/C30H25F2N3O4S/c1-18-9-11-21(12-10-18)40(37,38)35-17-25(22-7-5-6-8-27(22)39-4)23-14-20(16-33-29(23)35)19-13-24(30(36)34(2)3)28(32)26(31)15-19/h5-17H,1-4H3. The Morgan fingerprint density at radius 2 is 1.65 bits per heavy atom. The number of aryl methyl sites for hydroxylation is 1. The van der Waals surface area contributed by atoms with Crippen molar-refractivity contribution in [2.24, 2.45) is 0 Å². The third-order valence-corrected chi connectivity index (χ3v) is 8.25. The summed E-state index contributed by atoms with van der Waals surface area (Å²) in [6.07, 6.45) is 2.84. The van der Waals surface area contributed by atoms with Gasteiger partial charge < -0.3 is 9.64 Å². The molecule has 0 aliphatic carbocycles. The zero-order chi connectivity index (χ0) is 28.8. The summed E-state index contributed by atoms with van der Waals surface area (Å²) in [5.41, 5.74) is 2.30. The Labute approximate surface area is 230 Å².